The van der Waals surface area contributed by atoms with E-state index < -0.39 is 5.82 Å². The maximum atomic E-state index is 12.8. The number of hydrogen-bond acceptors (Lipinski definition) is 2. The molecule has 2 fully saturated rings. The summed E-state index contributed by atoms with van der Waals surface area (Å²) in [7, 11) is 0. The van der Waals surface area contributed by atoms with Gasteiger partial charge in [-0.3, -0.25) is 4.98 Å². The van der Waals surface area contributed by atoms with Gasteiger partial charge in [-0.25, -0.2) is 9.18 Å². The maximum Gasteiger partial charge on any atom is 0.319 e. The minimum atomic E-state index is -0.455. The van der Waals surface area contributed by atoms with Crippen molar-refractivity contribution in [2.75, 3.05) is 5.32 Å². The third-order valence-electron chi connectivity index (χ3n) is 3.61. The molecule has 0 saturated heterocycles. The molecule has 2 aliphatic carbocycles. The summed E-state index contributed by atoms with van der Waals surface area (Å²) in [6, 6.07) is 1.24. The van der Waals surface area contributed by atoms with Crippen molar-refractivity contribution in [2.45, 2.75) is 31.7 Å². The van der Waals surface area contributed by atoms with Crippen LogP contribution in [-0.4, -0.2) is 17.1 Å². The first kappa shape index (κ1) is 10.5. The Hall–Kier alpha value is -1.65. The minimum absolute atomic E-state index is 0.277. The number of pyridine rings is 1. The Kier molecular flexibility index (Phi) is 2.28. The van der Waals surface area contributed by atoms with Crippen molar-refractivity contribution in [3.8, 4) is 0 Å². The number of carbonyl (C=O) groups is 1. The number of hydrogen-bond donors (Lipinski definition) is 2. The monoisotopic (exact) mass is 235 g/mol. The lowest BCUT2D eigenvalue weighted by Crippen LogP contribution is -2.46. The van der Waals surface area contributed by atoms with Crippen LogP contribution in [0.15, 0.2) is 18.5 Å². The average molecular weight is 235 g/mol. The molecule has 5 heteroatoms. The van der Waals surface area contributed by atoms with E-state index in [1.54, 1.807) is 0 Å². The van der Waals surface area contributed by atoms with E-state index in [1.165, 1.54) is 25.1 Å². The van der Waals surface area contributed by atoms with E-state index >= 15 is 0 Å². The minimum Gasteiger partial charge on any atom is -0.335 e. The number of amides is 2. The molecule has 0 atom stereocenters. The number of nitrogens with one attached hydrogen (secondary N) is 2. The molecule has 1 aromatic rings. The number of nitrogens with zero attached hydrogens (tertiary/aromatic N) is 1. The van der Waals surface area contributed by atoms with E-state index in [0.29, 0.717) is 11.1 Å². The second-order valence-corrected chi connectivity index (χ2v) is 5.10. The van der Waals surface area contributed by atoms with Crippen LogP contribution in [0.1, 0.15) is 25.7 Å². The molecule has 1 heterocycles. The molecule has 2 aliphatic rings. The molecule has 1 spiro atoms. The Labute approximate surface area is 98.6 Å². The molecule has 0 radical (unpaired) electrons. The van der Waals surface area contributed by atoms with Gasteiger partial charge in [0.25, 0.3) is 0 Å². The van der Waals surface area contributed by atoms with E-state index in [4.69, 9.17) is 0 Å². The second kappa shape index (κ2) is 3.68. The molecule has 0 aromatic carbocycles. The lowest BCUT2D eigenvalue weighted by atomic mass is 9.77. The summed E-state index contributed by atoms with van der Waals surface area (Å²) in [5, 5.41) is 5.46. The Morgan fingerprint density at radius 1 is 1.41 bits per heavy atom. The van der Waals surface area contributed by atoms with Crippen LogP contribution < -0.4 is 10.6 Å². The Morgan fingerprint density at radius 2 is 2.18 bits per heavy atom. The quantitative estimate of drug-likeness (QED) is 0.826. The first-order chi connectivity index (χ1) is 8.15. The zero-order valence-electron chi connectivity index (χ0n) is 9.37. The number of halogens is 1. The Bertz CT molecular complexity index is 451. The fraction of sp³-hybridized carbons (Fsp3) is 0.500. The van der Waals surface area contributed by atoms with E-state index in [0.717, 1.165) is 19.0 Å². The predicted molar refractivity (Wildman–Crippen MR) is 61.0 cm³/mol. The van der Waals surface area contributed by atoms with Crippen LogP contribution in [0, 0.1) is 11.2 Å². The van der Waals surface area contributed by atoms with Crippen molar-refractivity contribution in [1.29, 1.82) is 0 Å². The van der Waals surface area contributed by atoms with Crippen molar-refractivity contribution in [1.82, 2.24) is 10.3 Å². The number of carbonyl (C=O) groups excluding carboxylic acids is 1. The SMILES string of the molecule is O=C(Nc1cncc(F)c1)NC1CC2(CC2)C1. The van der Waals surface area contributed by atoms with Crippen molar-refractivity contribution < 1.29 is 9.18 Å². The van der Waals surface area contributed by atoms with Crippen LogP contribution >= 0.6 is 0 Å². The van der Waals surface area contributed by atoms with Gasteiger partial charge < -0.3 is 10.6 Å². The van der Waals surface area contributed by atoms with Crippen molar-refractivity contribution in [3.05, 3.63) is 24.3 Å². The highest BCUT2D eigenvalue weighted by Gasteiger charge is 2.53. The molecular formula is C12H14FN3O. The van der Waals surface area contributed by atoms with Crippen LogP contribution in [0.3, 0.4) is 0 Å². The number of anilines is 1. The van der Waals surface area contributed by atoms with E-state index in [-0.39, 0.29) is 12.1 Å². The van der Waals surface area contributed by atoms with Crippen LogP contribution in [0.5, 0.6) is 0 Å². The van der Waals surface area contributed by atoms with Gasteiger partial charge in [0, 0.05) is 12.1 Å². The highest BCUT2D eigenvalue weighted by atomic mass is 19.1. The fourth-order valence-electron chi connectivity index (χ4n) is 2.51. The zero-order valence-corrected chi connectivity index (χ0v) is 9.37. The molecule has 17 heavy (non-hydrogen) atoms. The van der Waals surface area contributed by atoms with Gasteiger partial charge in [-0.15, -0.1) is 0 Å². The molecule has 1 aromatic heterocycles. The fourth-order valence-corrected chi connectivity index (χ4v) is 2.51. The third-order valence-corrected chi connectivity index (χ3v) is 3.61. The van der Waals surface area contributed by atoms with E-state index in [9.17, 15) is 9.18 Å². The van der Waals surface area contributed by atoms with Crippen LogP contribution in [0.2, 0.25) is 0 Å². The molecule has 3 rings (SSSR count). The summed E-state index contributed by atoms with van der Waals surface area (Å²) < 4.78 is 12.8. The largest absolute Gasteiger partial charge is 0.335 e. The highest BCUT2D eigenvalue weighted by molar-refractivity contribution is 5.89. The van der Waals surface area contributed by atoms with Crippen LogP contribution in [0.4, 0.5) is 14.9 Å². The summed E-state index contributed by atoms with van der Waals surface area (Å²) >= 11 is 0. The van der Waals surface area contributed by atoms with Gasteiger partial charge >= 0.3 is 6.03 Å². The van der Waals surface area contributed by atoms with Crippen molar-refractivity contribution >= 4 is 11.7 Å². The van der Waals surface area contributed by atoms with E-state index in [2.05, 4.69) is 15.6 Å². The molecular weight excluding hydrogens is 221 g/mol. The highest BCUT2D eigenvalue weighted by Crippen LogP contribution is 2.60. The van der Waals surface area contributed by atoms with Gasteiger partial charge in [-0.05, 0) is 31.1 Å². The van der Waals surface area contributed by atoms with Crippen molar-refractivity contribution in [2.24, 2.45) is 5.41 Å². The molecule has 2 saturated carbocycles. The van der Waals surface area contributed by atoms with Gasteiger partial charge in [0.15, 0.2) is 0 Å². The smallest absolute Gasteiger partial charge is 0.319 e. The summed E-state index contributed by atoms with van der Waals surface area (Å²) in [6.07, 6.45) is 7.31. The lowest BCUT2D eigenvalue weighted by molar-refractivity contribution is 0.195. The third kappa shape index (κ3) is 2.23. The molecule has 4 nitrogen and oxygen atoms in total. The molecule has 2 N–H and O–H groups in total. The summed E-state index contributed by atoms with van der Waals surface area (Å²) in [5.74, 6) is -0.455. The molecule has 2 amide bonds. The average Bonchev–Trinajstić information content (AvgIpc) is 2.97. The number of rotatable bonds is 2. The normalized spacial score (nSPS) is 20.8. The molecule has 0 aliphatic heterocycles. The van der Waals surface area contributed by atoms with Crippen LogP contribution in [0.25, 0.3) is 0 Å². The van der Waals surface area contributed by atoms with Gasteiger partial charge in [0.2, 0.25) is 0 Å². The second-order valence-electron chi connectivity index (χ2n) is 5.10. The molecule has 0 unspecified atom stereocenters. The standard InChI is InChI=1S/C12H14FN3O/c13-8-3-9(7-14-6-8)15-11(17)16-10-4-12(5-10)1-2-12/h3,6-7,10H,1-2,4-5H2,(H2,15,16,17). The number of aromatic nitrogens is 1. The molecule has 90 valence electrons. The Balaban J connectivity index is 1.50. The lowest BCUT2D eigenvalue weighted by Gasteiger charge is -2.36. The first-order valence-corrected chi connectivity index (χ1v) is 5.83. The molecule has 0 bridgehead atoms. The van der Waals surface area contributed by atoms with Gasteiger partial charge in [0.05, 0.1) is 18.1 Å². The van der Waals surface area contributed by atoms with Gasteiger partial charge in [0.1, 0.15) is 5.82 Å². The van der Waals surface area contributed by atoms with Gasteiger partial charge in [-0.2, -0.15) is 0 Å². The van der Waals surface area contributed by atoms with Crippen LogP contribution in [-0.2, 0) is 0 Å². The number of urea groups is 1. The van der Waals surface area contributed by atoms with Crippen molar-refractivity contribution in [3.63, 3.8) is 0 Å². The summed E-state index contributed by atoms with van der Waals surface area (Å²) in [6.45, 7) is 0. The first-order valence-electron chi connectivity index (χ1n) is 5.83. The van der Waals surface area contributed by atoms with E-state index in [1.807, 2.05) is 0 Å². The zero-order chi connectivity index (χ0) is 11.9. The van der Waals surface area contributed by atoms with Gasteiger partial charge in [-0.1, -0.05) is 0 Å². The summed E-state index contributed by atoms with van der Waals surface area (Å²) in [5.41, 5.74) is 0.946. The predicted octanol–water partition coefficient (Wildman–Crippen LogP) is 2.28. The topological polar surface area (TPSA) is 54.0 Å². The summed E-state index contributed by atoms with van der Waals surface area (Å²) in [4.78, 5) is 15.3. The Morgan fingerprint density at radius 3 is 2.82 bits per heavy atom. The maximum absolute atomic E-state index is 12.8.